The van der Waals surface area contributed by atoms with Gasteiger partial charge in [-0.25, -0.2) is 0 Å². The summed E-state index contributed by atoms with van der Waals surface area (Å²) in [5.41, 5.74) is 0. The first-order valence-electron chi connectivity index (χ1n) is 24.6. The van der Waals surface area contributed by atoms with Crippen molar-refractivity contribution in [2.24, 2.45) is 0 Å². The van der Waals surface area contributed by atoms with Gasteiger partial charge in [0.05, 0.1) is 25.2 Å². The minimum Gasteiger partial charge on any atom is -0.462 e. The van der Waals surface area contributed by atoms with Gasteiger partial charge >= 0.3 is 5.97 Å². The first kappa shape index (κ1) is 54.3. The topological polar surface area (TPSA) is 95.9 Å². The molecular weight excluding hydrogens is 695 g/mol. The first-order chi connectivity index (χ1) is 27.5. The number of esters is 1. The number of carbonyl (C=O) groups is 2. The van der Waals surface area contributed by atoms with E-state index >= 15 is 0 Å². The molecule has 0 saturated carbocycles. The van der Waals surface area contributed by atoms with E-state index in [0.717, 1.165) is 64.2 Å². The maximum Gasteiger partial charge on any atom is 0.306 e. The van der Waals surface area contributed by atoms with Gasteiger partial charge in [0.1, 0.15) is 6.10 Å². The van der Waals surface area contributed by atoms with Crippen LogP contribution < -0.4 is 5.32 Å². The molecule has 0 aliphatic rings. The molecule has 3 atom stereocenters. The minimum absolute atomic E-state index is 0.0788. The number of aliphatic hydroxyl groups excluding tert-OH is 2. The number of amides is 1. The third kappa shape index (κ3) is 39.2. The Labute approximate surface area is 348 Å². The van der Waals surface area contributed by atoms with Gasteiger partial charge in [-0.15, -0.1) is 0 Å². The molecule has 0 aromatic carbocycles. The Bertz CT molecular complexity index is 889. The van der Waals surface area contributed by atoms with Crippen LogP contribution in [0.4, 0.5) is 0 Å². The molecule has 0 rings (SSSR count). The third-order valence-electron chi connectivity index (χ3n) is 11.3. The summed E-state index contributed by atoms with van der Waals surface area (Å²) in [5, 5.41) is 23.7. The van der Waals surface area contributed by atoms with Crippen molar-refractivity contribution in [2.75, 3.05) is 6.61 Å². The third-order valence-corrected chi connectivity index (χ3v) is 11.3. The number of aliphatic hydroxyl groups is 2. The second kappa shape index (κ2) is 44.4. The number of rotatable bonds is 44. The number of allylic oxidation sites excluding steroid dienone is 4. The van der Waals surface area contributed by atoms with Gasteiger partial charge in [0, 0.05) is 6.42 Å². The SMILES string of the molecule is CC/C=C/C/C=C/CCCCCCCCCC(=O)OC(CCCCCCCCCCC)CC(=O)NC(CO)C(O)CCCCCCCCCCCCCCCC. The van der Waals surface area contributed by atoms with Crippen LogP contribution in [0.5, 0.6) is 0 Å². The van der Waals surface area contributed by atoms with Gasteiger partial charge in [-0.05, 0) is 51.4 Å². The van der Waals surface area contributed by atoms with Crippen molar-refractivity contribution < 1.29 is 24.5 Å². The lowest BCUT2D eigenvalue weighted by Gasteiger charge is -2.24. The molecule has 56 heavy (non-hydrogen) atoms. The highest BCUT2D eigenvalue weighted by atomic mass is 16.5. The average Bonchev–Trinajstić information content (AvgIpc) is 3.19. The fourth-order valence-electron chi connectivity index (χ4n) is 7.59. The Kier molecular flexibility index (Phi) is 43.1. The molecule has 0 fully saturated rings. The number of ether oxygens (including phenoxy) is 1. The van der Waals surface area contributed by atoms with E-state index in [4.69, 9.17) is 4.74 Å². The fraction of sp³-hybridized carbons (Fsp3) is 0.880. The van der Waals surface area contributed by atoms with Crippen LogP contribution in [0.25, 0.3) is 0 Å². The van der Waals surface area contributed by atoms with Gasteiger partial charge in [-0.2, -0.15) is 0 Å². The van der Waals surface area contributed by atoms with Crippen LogP contribution in [0.15, 0.2) is 24.3 Å². The van der Waals surface area contributed by atoms with E-state index in [-0.39, 0.29) is 24.9 Å². The largest absolute Gasteiger partial charge is 0.462 e. The monoisotopic (exact) mass is 790 g/mol. The Morgan fingerprint density at radius 2 is 0.964 bits per heavy atom. The van der Waals surface area contributed by atoms with Gasteiger partial charge in [0.2, 0.25) is 5.91 Å². The van der Waals surface area contributed by atoms with Gasteiger partial charge in [-0.3, -0.25) is 9.59 Å². The molecule has 0 aromatic heterocycles. The van der Waals surface area contributed by atoms with E-state index in [0.29, 0.717) is 19.3 Å². The maximum atomic E-state index is 13.1. The summed E-state index contributed by atoms with van der Waals surface area (Å²) < 4.78 is 5.90. The molecule has 0 aliphatic carbocycles. The van der Waals surface area contributed by atoms with Crippen LogP contribution in [0.1, 0.15) is 258 Å². The van der Waals surface area contributed by atoms with Crippen molar-refractivity contribution in [1.82, 2.24) is 5.32 Å². The summed E-state index contributed by atoms with van der Waals surface area (Å²) >= 11 is 0. The van der Waals surface area contributed by atoms with Crippen molar-refractivity contribution >= 4 is 11.9 Å². The summed E-state index contributed by atoms with van der Waals surface area (Å²) in [6.45, 7) is 6.37. The average molecular weight is 790 g/mol. The normalized spacial score (nSPS) is 13.4. The highest BCUT2D eigenvalue weighted by Crippen LogP contribution is 2.18. The number of carbonyl (C=O) groups excluding carboxylic acids is 2. The Morgan fingerprint density at radius 3 is 1.45 bits per heavy atom. The fourth-order valence-corrected chi connectivity index (χ4v) is 7.59. The van der Waals surface area contributed by atoms with Crippen LogP contribution in [-0.4, -0.2) is 46.9 Å². The zero-order valence-corrected chi connectivity index (χ0v) is 37.5. The molecular formula is C50H95NO5. The summed E-state index contributed by atoms with van der Waals surface area (Å²) in [5.74, 6) is -0.475. The first-order valence-corrected chi connectivity index (χ1v) is 24.6. The molecule has 6 heteroatoms. The lowest BCUT2D eigenvalue weighted by molar-refractivity contribution is -0.151. The van der Waals surface area contributed by atoms with E-state index in [9.17, 15) is 19.8 Å². The van der Waals surface area contributed by atoms with E-state index in [1.54, 1.807) is 0 Å². The number of hydrogen-bond acceptors (Lipinski definition) is 5. The highest BCUT2D eigenvalue weighted by molar-refractivity contribution is 5.77. The van der Waals surface area contributed by atoms with Gasteiger partial charge < -0.3 is 20.3 Å². The van der Waals surface area contributed by atoms with Gasteiger partial charge in [-0.1, -0.05) is 218 Å². The van der Waals surface area contributed by atoms with Gasteiger partial charge in [0.15, 0.2) is 0 Å². The van der Waals surface area contributed by atoms with E-state index in [1.807, 2.05) is 0 Å². The minimum atomic E-state index is -0.783. The molecule has 0 aliphatic heterocycles. The molecule has 0 saturated heterocycles. The van der Waals surface area contributed by atoms with Crippen LogP contribution in [0.2, 0.25) is 0 Å². The molecule has 330 valence electrons. The van der Waals surface area contributed by atoms with Crippen molar-refractivity contribution in [3.05, 3.63) is 24.3 Å². The Balaban J connectivity index is 4.46. The summed E-state index contributed by atoms with van der Waals surface area (Å²) in [6, 6.07) is -0.696. The van der Waals surface area contributed by atoms with Gasteiger partial charge in [0.25, 0.3) is 0 Å². The molecule has 0 heterocycles. The zero-order chi connectivity index (χ0) is 41.0. The second-order valence-corrected chi connectivity index (χ2v) is 16.8. The smallest absolute Gasteiger partial charge is 0.306 e. The lowest BCUT2D eigenvalue weighted by atomic mass is 10.0. The van der Waals surface area contributed by atoms with E-state index in [1.165, 1.54) is 148 Å². The summed E-state index contributed by atoms with van der Waals surface area (Å²) in [6.07, 6.45) is 49.5. The number of unbranched alkanes of at least 4 members (excludes halogenated alkanes) is 28. The number of hydrogen-bond donors (Lipinski definition) is 3. The highest BCUT2D eigenvalue weighted by Gasteiger charge is 2.24. The molecule has 1 amide bonds. The predicted molar refractivity (Wildman–Crippen MR) is 241 cm³/mol. The summed E-state index contributed by atoms with van der Waals surface area (Å²) in [4.78, 5) is 26.0. The standard InChI is InChI=1S/C50H95NO5/c1-4-7-10-13-16-19-21-23-25-27-30-33-36-39-42-48(53)47(45-52)51-49(54)44-46(41-38-35-32-29-18-15-12-9-6-3)56-50(55)43-40-37-34-31-28-26-24-22-20-17-14-11-8-5-2/h8,11,17,20,46-48,52-53H,4-7,9-10,12-16,18-19,21-45H2,1-3H3,(H,51,54)/b11-8+,20-17+. The van der Waals surface area contributed by atoms with Crippen molar-refractivity contribution in [1.29, 1.82) is 0 Å². The number of nitrogens with one attached hydrogen (secondary N) is 1. The lowest BCUT2D eigenvalue weighted by Crippen LogP contribution is -2.46. The van der Waals surface area contributed by atoms with Crippen LogP contribution in [-0.2, 0) is 14.3 Å². The molecule has 3 unspecified atom stereocenters. The molecule has 0 spiro atoms. The van der Waals surface area contributed by atoms with E-state index < -0.39 is 18.2 Å². The molecule has 3 N–H and O–H groups in total. The van der Waals surface area contributed by atoms with Crippen LogP contribution in [0.3, 0.4) is 0 Å². The molecule has 0 bridgehead atoms. The van der Waals surface area contributed by atoms with Crippen molar-refractivity contribution in [3.8, 4) is 0 Å². The van der Waals surface area contributed by atoms with Crippen LogP contribution in [0, 0.1) is 0 Å². The summed E-state index contributed by atoms with van der Waals surface area (Å²) in [7, 11) is 0. The van der Waals surface area contributed by atoms with Crippen molar-refractivity contribution in [3.63, 3.8) is 0 Å². The molecule has 0 radical (unpaired) electrons. The molecule has 6 nitrogen and oxygen atoms in total. The predicted octanol–water partition coefficient (Wildman–Crippen LogP) is 14.3. The van der Waals surface area contributed by atoms with Crippen molar-refractivity contribution in [2.45, 2.75) is 277 Å². The Hall–Kier alpha value is -1.66. The molecule has 0 aromatic rings. The second-order valence-electron chi connectivity index (χ2n) is 16.8. The zero-order valence-electron chi connectivity index (χ0n) is 37.5. The quantitative estimate of drug-likeness (QED) is 0.0324. The van der Waals surface area contributed by atoms with E-state index in [2.05, 4.69) is 50.4 Å². The maximum absolute atomic E-state index is 13.1. The van der Waals surface area contributed by atoms with Crippen LogP contribution >= 0.6 is 0 Å². The Morgan fingerprint density at radius 1 is 0.536 bits per heavy atom.